The van der Waals surface area contributed by atoms with Crippen molar-refractivity contribution in [1.29, 1.82) is 0 Å². The maximum Gasteiger partial charge on any atom is 0.225 e. The van der Waals surface area contributed by atoms with E-state index < -0.39 is 0 Å². The summed E-state index contributed by atoms with van der Waals surface area (Å²) in [7, 11) is 0. The molecule has 0 bridgehead atoms. The van der Waals surface area contributed by atoms with E-state index in [1.807, 2.05) is 18.2 Å². The van der Waals surface area contributed by atoms with Crippen molar-refractivity contribution in [3.63, 3.8) is 0 Å². The van der Waals surface area contributed by atoms with E-state index in [1.54, 1.807) is 24.5 Å². The third kappa shape index (κ3) is 4.66. The second-order valence-electron chi connectivity index (χ2n) is 8.02. The lowest BCUT2D eigenvalue weighted by molar-refractivity contribution is 0.437. The Morgan fingerprint density at radius 3 is 2.61 bits per heavy atom. The highest BCUT2D eigenvalue weighted by molar-refractivity contribution is 5.74. The molecule has 0 spiro atoms. The zero-order valence-electron chi connectivity index (χ0n) is 18.8. The molecule has 1 aliphatic heterocycles. The number of piperazine rings is 1. The first-order valence-corrected chi connectivity index (χ1v) is 11.0. The van der Waals surface area contributed by atoms with Gasteiger partial charge < -0.3 is 26.4 Å². The van der Waals surface area contributed by atoms with Gasteiger partial charge in [0.05, 0.1) is 23.5 Å². The van der Waals surface area contributed by atoms with E-state index in [-0.39, 0.29) is 17.8 Å². The third-order valence-corrected chi connectivity index (χ3v) is 5.78. The van der Waals surface area contributed by atoms with E-state index in [1.165, 1.54) is 0 Å². The Balaban J connectivity index is 1.60. The van der Waals surface area contributed by atoms with Crippen LogP contribution in [0, 0.1) is 11.8 Å². The lowest BCUT2D eigenvalue weighted by Crippen LogP contribution is -2.58. The van der Waals surface area contributed by atoms with Crippen LogP contribution in [0.15, 0.2) is 42.7 Å². The van der Waals surface area contributed by atoms with Gasteiger partial charge in [0.15, 0.2) is 5.82 Å². The van der Waals surface area contributed by atoms with E-state index in [0.717, 1.165) is 24.2 Å². The summed E-state index contributed by atoms with van der Waals surface area (Å²) in [5, 5.41) is 18.6. The van der Waals surface area contributed by atoms with Crippen LogP contribution in [0.5, 0.6) is 5.75 Å². The van der Waals surface area contributed by atoms with Crippen molar-refractivity contribution in [1.82, 2.24) is 20.2 Å². The van der Waals surface area contributed by atoms with Gasteiger partial charge in [0.2, 0.25) is 5.95 Å². The molecular weight excluding hydrogens is 416 g/mol. The maximum atomic E-state index is 10.2. The van der Waals surface area contributed by atoms with E-state index in [2.05, 4.69) is 55.7 Å². The fraction of sp³-hybridized carbons (Fsp3) is 0.333. The molecule has 2 aromatic heterocycles. The Morgan fingerprint density at radius 2 is 1.91 bits per heavy atom. The van der Waals surface area contributed by atoms with Gasteiger partial charge in [-0.1, -0.05) is 30.9 Å². The number of phenols is 1. The van der Waals surface area contributed by atoms with E-state index in [0.29, 0.717) is 36.1 Å². The average molecular weight is 445 g/mol. The molecule has 5 N–H and O–H groups in total. The zero-order valence-corrected chi connectivity index (χ0v) is 18.8. The summed E-state index contributed by atoms with van der Waals surface area (Å²) in [5.41, 5.74) is 14.4. The van der Waals surface area contributed by atoms with Crippen LogP contribution in [0.25, 0.3) is 11.3 Å². The highest BCUT2D eigenvalue weighted by atomic mass is 16.3. The van der Waals surface area contributed by atoms with Crippen LogP contribution < -0.4 is 21.3 Å². The van der Waals surface area contributed by atoms with Crippen molar-refractivity contribution in [3.8, 4) is 28.8 Å². The lowest BCUT2D eigenvalue weighted by Gasteiger charge is -2.46. The minimum absolute atomic E-state index is 0.130. The molecule has 9 nitrogen and oxygen atoms in total. The number of nitrogens with zero attached hydrogens (tertiary/aromatic N) is 6. The topological polar surface area (TPSA) is 130 Å². The summed E-state index contributed by atoms with van der Waals surface area (Å²) in [6.45, 7) is 6.04. The Morgan fingerprint density at radius 1 is 1.15 bits per heavy atom. The largest absolute Gasteiger partial charge is 0.507 e. The fourth-order valence-corrected chi connectivity index (χ4v) is 4.21. The van der Waals surface area contributed by atoms with Crippen molar-refractivity contribution >= 4 is 17.5 Å². The van der Waals surface area contributed by atoms with Gasteiger partial charge in [0, 0.05) is 43.1 Å². The van der Waals surface area contributed by atoms with Gasteiger partial charge in [-0.25, -0.2) is 9.97 Å². The molecule has 170 valence electrons. The quantitative estimate of drug-likeness (QED) is 0.517. The normalized spacial score (nSPS) is 18.0. The fourth-order valence-electron chi connectivity index (χ4n) is 4.21. The third-order valence-electron chi connectivity index (χ3n) is 5.78. The molecule has 1 saturated heterocycles. The number of anilines is 3. The van der Waals surface area contributed by atoms with Crippen LogP contribution in [0.1, 0.15) is 25.8 Å². The summed E-state index contributed by atoms with van der Waals surface area (Å²) in [6.07, 6.45) is 4.38. The highest BCUT2D eigenvalue weighted by Gasteiger charge is 2.34. The first-order valence-electron chi connectivity index (χ1n) is 11.0. The Kier molecular flexibility index (Phi) is 6.56. The first-order chi connectivity index (χ1) is 16.0. The molecule has 33 heavy (non-hydrogen) atoms. The van der Waals surface area contributed by atoms with Crippen LogP contribution in [0.2, 0.25) is 0 Å². The minimum Gasteiger partial charge on any atom is -0.507 e. The SMILES string of the molecule is CCC1CN(c2cc(-c3ccccc3O)nnc2N)CC(C)N1c1ncc(C#CCN)cn1. The molecule has 0 radical (unpaired) electrons. The van der Waals surface area contributed by atoms with Crippen LogP contribution in [-0.2, 0) is 0 Å². The first kappa shape index (κ1) is 22.3. The molecule has 0 amide bonds. The number of hydrogen-bond acceptors (Lipinski definition) is 9. The Labute approximate surface area is 193 Å². The molecule has 2 atom stereocenters. The lowest BCUT2D eigenvalue weighted by atomic mass is 10.0. The summed E-state index contributed by atoms with van der Waals surface area (Å²) in [6, 6.07) is 9.28. The molecule has 3 aromatic rings. The molecule has 0 saturated carbocycles. The van der Waals surface area contributed by atoms with Gasteiger partial charge in [0.1, 0.15) is 5.75 Å². The number of aromatic hydroxyl groups is 1. The molecule has 2 unspecified atom stereocenters. The van der Waals surface area contributed by atoms with Crippen LogP contribution in [-0.4, -0.2) is 57.0 Å². The van der Waals surface area contributed by atoms with Crippen molar-refractivity contribution in [2.45, 2.75) is 32.4 Å². The molecule has 1 aliphatic rings. The smallest absolute Gasteiger partial charge is 0.225 e. The molecule has 0 aliphatic carbocycles. The van der Waals surface area contributed by atoms with Gasteiger partial charge in [-0.05, 0) is 31.5 Å². The van der Waals surface area contributed by atoms with Crippen molar-refractivity contribution in [2.24, 2.45) is 5.73 Å². The number of para-hydroxylation sites is 1. The van der Waals surface area contributed by atoms with Crippen molar-refractivity contribution < 1.29 is 5.11 Å². The number of rotatable bonds is 4. The standard InChI is InChI=1S/C24H28N8O/c1-3-18-15-31(14-16(2)32(18)24-27-12-17(13-28-24)7-6-10-25)21-11-20(29-30-23(21)26)19-8-4-5-9-22(19)33/h4-5,8-9,11-13,16,18,33H,3,10,14-15,25H2,1-2H3,(H2,26,30). The van der Waals surface area contributed by atoms with E-state index in [9.17, 15) is 5.11 Å². The second-order valence-corrected chi connectivity index (χ2v) is 8.02. The number of phenolic OH excluding ortho intramolecular Hbond substituents is 1. The zero-order chi connectivity index (χ0) is 23.4. The predicted molar refractivity (Wildman–Crippen MR) is 130 cm³/mol. The van der Waals surface area contributed by atoms with Crippen LogP contribution in [0.4, 0.5) is 17.5 Å². The maximum absolute atomic E-state index is 10.2. The molecular formula is C24H28N8O. The molecule has 9 heteroatoms. The average Bonchev–Trinajstić information content (AvgIpc) is 2.83. The highest BCUT2D eigenvalue weighted by Crippen LogP contribution is 2.33. The number of benzene rings is 1. The number of hydrogen-bond donors (Lipinski definition) is 3. The van der Waals surface area contributed by atoms with Crippen LogP contribution in [0.3, 0.4) is 0 Å². The second kappa shape index (κ2) is 9.71. The molecule has 4 rings (SSSR count). The van der Waals surface area contributed by atoms with Gasteiger partial charge in [0.25, 0.3) is 0 Å². The van der Waals surface area contributed by atoms with Gasteiger partial charge in [-0.3, -0.25) is 0 Å². The van der Waals surface area contributed by atoms with Crippen molar-refractivity contribution in [3.05, 3.63) is 48.3 Å². The monoisotopic (exact) mass is 444 g/mol. The van der Waals surface area contributed by atoms with E-state index in [4.69, 9.17) is 11.5 Å². The van der Waals surface area contributed by atoms with Gasteiger partial charge in [-0.15, -0.1) is 10.2 Å². The summed E-state index contributed by atoms with van der Waals surface area (Å²) in [4.78, 5) is 13.6. The van der Waals surface area contributed by atoms with Crippen LogP contribution >= 0.6 is 0 Å². The Hall–Kier alpha value is -3.90. The number of nitrogens with two attached hydrogens (primary N) is 2. The summed E-state index contributed by atoms with van der Waals surface area (Å²) < 4.78 is 0. The summed E-state index contributed by atoms with van der Waals surface area (Å²) in [5.74, 6) is 6.98. The minimum atomic E-state index is 0.130. The molecule has 1 aromatic carbocycles. The molecule has 3 heterocycles. The number of nitrogen functional groups attached to an aromatic ring is 1. The van der Waals surface area contributed by atoms with E-state index >= 15 is 0 Å². The number of aromatic nitrogens is 4. The Bertz CT molecular complexity index is 1170. The molecule has 1 fully saturated rings. The predicted octanol–water partition coefficient (Wildman–Crippen LogP) is 2.03. The summed E-state index contributed by atoms with van der Waals surface area (Å²) >= 11 is 0. The van der Waals surface area contributed by atoms with Gasteiger partial charge >= 0.3 is 0 Å². The van der Waals surface area contributed by atoms with Crippen molar-refractivity contribution in [2.75, 3.05) is 35.2 Å². The van der Waals surface area contributed by atoms with Gasteiger partial charge in [-0.2, -0.15) is 0 Å².